The van der Waals surface area contributed by atoms with Gasteiger partial charge in [0.2, 0.25) is 0 Å². The minimum absolute atomic E-state index is 0. The fraction of sp³-hybridized carbons (Fsp3) is 0.375. The third-order valence-electron chi connectivity index (χ3n) is 2.39. The largest absolute Gasteiger partial charge is 0.372 e. The lowest BCUT2D eigenvalue weighted by molar-refractivity contribution is 0.622. The molecule has 1 aromatic rings. The van der Waals surface area contributed by atoms with E-state index in [1.807, 2.05) is 32.0 Å². The van der Waals surface area contributed by atoms with Crippen molar-refractivity contribution in [1.29, 1.82) is 0 Å². The lowest BCUT2D eigenvalue weighted by atomic mass is 10.1. The van der Waals surface area contributed by atoms with Crippen LogP contribution >= 0.6 is 12.6 Å². The number of hydrogen-bond donors (Lipinski definition) is 2. The quantitative estimate of drug-likeness (QED) is 0.581. The second-order valence-electron chi connectivity index (χ2n) is 4.98. The van der Waals surface area contributed by atoms with Gasteiger partial charge in [-0.05, 0) is 39.7 Å². The average Bonchev–Trinajstić information content (AvgIpc) is 2.30. The van der Waals surface area contributed by atoms with Gasteiger partial charge in [-0.3, -0.25) is 0 Å². The zero-order valence-electron chi connectivity index (χ0n) is 11.5. The van der Waals surface area contributed by atoms with Crippen LogP contribution in [0.15, 0.2) is 54.3 Å². The molecule has 0 heterocycles. The Morgan fingerprint density at radius 3 is 2.22 bits per heavy atom. The summed E-state index contributed by atoms with van der Waals surface area (Å²) in [5, 5.41) is 3.30. The zero-order valence-corrected chi connectivity index (χ0v) is 12.4. The Labute approximate surface area is 118 Å². The van der Waals surface area contributed by atoms with Crippen LogP contribution in [0.3, 0.4) is 0 Å². The number of allylic oxidation sites excluding steroid dienone is 3. The fourth-order valence-corrected chi connectivity index (χ4v) is 1.72. The molecule has 1 N–H and O–H groups in total. The van der Waals surface area contributed by atoms with E-state index in [-0.39, 0.29) is 6.30 Å². The molecule has 0 unspecified atom stereocenters. The molecule has 100 valence electrons. The summed E-state index contributed by atoms with van der Waals surface area (Å²) in [6.07, 6.45) is 8.81. The minimum atomic E-state index is -0.118. The molecule has 2 heteroatoms. The highest BCUT2D eigenvalue weighted by Gasteiger charge is 2.10. The number of benzene rings is 1. The van der Waals surface area contributed by atoms with Crippen LogP contribution in [0.2, 0.25) is 0 Å². The number of nitrogens with one attached hydrogen (secondary N) is 1. The van der Waals surface area contributed by atoms with E-state index in [9.17, 15) is 0 Å². The van der Waals surface area contributed by atoms with Crippen LogP contribution in [-0.2, 0) is 0 Å². The molecule has 0 atom stereocenters. The highest BCUT2D eigenvalue weighted by molar-refractivity contribution is 7.81. The SMILES string of the molecule is CC(C)(S)NC1=CCCC=C1.Cc1ccccc1.[HH]. The molecule has 1 aliphatic rings. The summed E-state index contributed by atoms with van der Waals surface area (Å²) in [6.45, 7) is 6.17. The minimum Gasteiger partial charge on any atom is -0.372 e. The van der Waals surface area contributed by atoms with E-state index in [0.29, 0.717) is 0 Å². The highest BCUT2D eigenvalue weighted by Crippen LogP contribution is 2.14. The summed E-state index contributed by atoms with van der Waals surface area (Å²) >= 11 is 4.38. The molecule has 0 amide bonds. The molecule has 0 aliphatic heterocycles. The van der Waals surface area contributed by atoms with Crippen molar-refractivity contribution in [3.8, 4) is 0 Å². The molecule has 0 radical (unpaired) electrons. The standard InChI is InChI=1S/C9H15NS.C7H8.H2/c1-9(2,11)10-8-6-4-3-5-7-8;1-7-5-3-2-4-6-7;/h4,6-7,10-11H,3,5H2,1-2H3;2-6H,1H3;1H. The molecule has 1 aliphatic carbocycles. The monoisotopic (exact) mass is 263 g/mol. The molecule has 0 bridgehead atoms. The lowest BCUT2D eigenvalue weighted by Gasteiger charge is -2.22. The van der Waals surface area contributed by atoms with Crippen molar-refractivity contribution in [3.05, 3.63) is 59.8 Å². The third kappa shape index (κ3) is 7.23. The van der Waals surface area contributed by atoms with E-state index in [4.69, 9.17) is 0 Å². The van der Waals surface area contributed by atoms with Crippen molar-refractivity contribution in [2.24, 2.45) is 0 Å². The van der Waals surface area contributed by atoms with Gasteiger partial charge in [0.05, 0.1) is 4.87 Å². The van der Waals surface area contributed by atoms with Crippen molar-refractivity contribution in [1.82, 2.24) is 5.32 Å². The average molecular weight is 263 g/mol. The first-order chi connectivity index (χ1) is 8.47. The van der Waals surface area contributed by atoms with Crippen LogP contribution in [-0.4, -0.2) is 4.87 Å². The number of aryl methyl sites for hydroxylation is 1. The number of hydrogen-bond acceptors (Lipinski definition) is 2. The van der Waals surface area contributed by atoms with Crippen molar-refractivity contribution in [2.45, 2.75) is 38.5 Å². The number of rotatable bonds is 2. The smallest absolute Gasteiger partial charge is 0.0747 e. The summed E-state index contributed by atoms with van der Waals surface area (Å²) < 4.78 is 0. The van der Waals surface area contributed by atoms with Gasteiger partial charge < -0.3 is 5.32 Å². The number of thiol groups is 1. The molecule has 0 aromatic heterocycles. The van der Waals surface area contributed by atoms with Crippen LogP contribution in [0.4, 0.5) is 0 Å². The van der Waals surface area contributed by atoms with E-state index in [1.54, 1.807) is 0 Å². The first-order valence-electron chi connectivity index (χ1n) is 6.36. The molecule has 18 heavy (non-hydrogen) atoms. The van der Waals surface area contributed by atoms with Gasteiger partial charge in [0.25, 0.3) is 0 Å². The first-order valence-corrected chi connectivity index (χ1v) is 6.81. The maximum absolute atomic E-state index is 4.38. The maximum Gasteiger partial charge on any atom is 0.0747 e. The van der Waals surface area contributed by atoms with Crippen LogP contribution < -0.4 is 5.32 Å². The maximum atomic E-state index is 4.38. The van der Waals surface area contributed by atoms with Crippen molar-refractivity contribution in [3.63, 3.8) is 0 Å². The van der Waals surface area contributed by atoms with Gasteiger partial charge in [0.15, 0.2) is 0 Å². The van der Waals surface area contributed by atoms with E-state index in [2.05, 4.69) is 55.2 Å². The summed E-state index contributed by atoms with van der Waals surface area (Å²) in [4.78, 5) is -0.118. The van der Waals surface area contributed by atoms with Crippen LogP contribution in [0.1, 0.15) is 33.7 Å². The van der Waals surface area contributed by atoms with Gasteiger partial charge in [-0.25, -0.2) is 0 Å². The van der Waals surface area contributed by atoms with Gasteiger partial charge in [0.1, 0.15) is 0 Å². The summed E-state index contributed by atoms with van der Waals surface area (Å²) in [6, 6.07) is 10.3. The second-order valence-corrected chi connectivity index (χ2v) is 6.10. The molecule has 1 aromatic carbocycles. The summed E-state index contributed by atoms with van der Waals surface area (Å²) in [5.74, 6) is 0. The van der Waals surface area contributed by atoms with Crippen LogP contribution in [0, 0.1) is 6.92 Å². The molecule has 0 fully saturated rings. The molecule has 2 rings (SSSR count). The van der Waals surface area contributed by atoms with E-state index in [1.165, 1.54) is 11.3 Å². The van der Waals surface area contributed by atoms with Crippen molar-refractivity contribution < 1.29 is 1.43 Å². The predicted octanol–water partition coefficient (Wildman–Crippen LogP) is 4.72. The second kappa shape index (κ2) is 7.32. The van der Waals surface area contributed by atoms with E-state index >= 15 is 0 Å². The van der Waals surface area contributed by atoms with E-state index in [0.717, 1.165) is 12.8 Å². The molecule has 1 nitrogen and oxygen atoms in total. The highest BCUT2D eigenvalue weighted by atomic mass is 32.1. The fourth-order valence-electron chi connectivity index (χ4n) is 1.59. The Kier molecular flexibility index (Phi) is 6.06. The normalized spacial score (nSPS) is 14.3. The van der Waals surface area contributed by atoms with Gasteiger partial charge in [-0.1, -0.05) is 48.0 Å². The molecular weight excluding hydrogens is 238 g/mol. The van der Waals surface area contributed by atoms with Crippen molar-refractivity contribution in [2.75, 3.05) is 0 Å². The van der Waals surface area contributed by atoms with Gasteiger partial charge in [-0.2, -0.15) is 12.6 Å². The Bertz CT molecular complexity index is 405. The van der Waals surface area contributed by atoms with Crippen LogP contribution in [0.25, 0.3) is 0 Å². The van der Waals surface area contributed by atoms with Gasteiger partial charge in [0, 0.05) is 7.12 Å². The zero-order chi connectivity index (χ0) is 13.4. The summed E-state index contributed by atoms with van der Waals surface area (Å²) in [7, 11) is 0. The molecule has 0 spiro atoms. The third-order valence-corrected chi connectivity index (χ3v) is 2.50. The Morgan fingerprint density at radius 1 is 1.17 bits per heavy atom. The van der Waals surface area contributed by atoms with E-state index < -0.39 is 0 Å². The lowest BCUT2D eigenvalue weighted by Crippen LogP contribution is -2.32. The molecule has 0 saturated heterocycles. The summed E-state index contributed by atoms with van der Waals surface area (Å²) in [5.41, 5.74) is 2.51. The van der Waals surface area contributed by atoms with Gasteiger partial charge >= 0.3 is 0 Å². The first kappa shape index (κ1) is 14.9. The van der Waals surface area contributed by atoms with Crippen molar-refractivity contribution >= 4 is 12.6 Å². The molecular formula is C16H25NS. The Morgan fingerprint density at radius 2 is 1.83 bits per heavy atom. The Balaban J connectivity index is 0.000000352. The van der Waals surface area contributed by atoms with Crippen LogP contribution in [0.5, 0.6) is 0 Å². The Hall–Kier alpha value is -1.15. The van der Waals surface area contributed by atoms with Gasteiger partial charge in [-0.15, -0.1) is 0 Å². The molecule has 0 saturated carbocycles. The topological polar surface area (TPSA) is 12.0 Å². The predicted molar refractivity (Wildman–Crippen MR) is 86.0 cm³/mol.